The van der Waals surface area contributed by atoms with Crippen molar-refractivity contribution in [2.24, 2.45) is 0 Å². The maximum Gasteiger partial charge on any atom is 0.216 e. The maximum atomic E-state index is 12.5. The molecule has 4 nitrogen and oxygen atoms in total. The molecule has 146 valence electrons. The highest BCUT2D eigenvalue weighted by Crippen LogP contribution is 2.26. The highest BCUT2D eigenvalue weighted by atomic mass is 35.5. The van der Waals surface area contributed by atoms with Gasteiger partial charge in [-0.25, -0.2) is 13.1 Å². The molecule has 0 radical (unpaired) electrons. The Bertz CT molecular complexity index is 861. The van der Waals surface area contributed by atoms with Crippen molar-refractivity contribution in [2.45, 2.75) is 38.1 Å². The van der Waals surface area contributed by atoms with Crippen molar-refractivity contribution in [2.75, 3.05) is 13.1 Å². The lowest BCUT2D eigenvalue weighted by Crippen LogP contribution is -2.30. The molecule has 1 N–H and O–H groups in total. The van der Waals surface area contributed by atoms with E-state index in [9.17, 15) is 8.42 Å². The molecular formula is C20H24Cl2N2O2S. The normalized spacial score (nSPS) is 15.8. The first-order valence-electron chi connectivity index (χ1n) is 9.14. The third-order valence-corrected chi connectivity index (χ3v) is 6.80. The Labute approximate surface area is 171 Å². The van der Waals surface area contributed by atoms with E-state index >= 15 is 0 Å². The molecule has 0 saturated carbocycles. The van der Waals surface area contributed by atoms with Gasteiger partial charge in [0.05, 0.1) is 5.75 Å². The first kappa shape index (κ1) is 20.6. The number of hydrogen-bond acceptors (Lipinski definition) is 3. The van der Waals surface area contributed by atoms with Crippen LogP contribution in [0.3, 0.4) is 0 Å². The lowest BCUT2D eigenvalue weighted by molar-refractivity contribution is 0.220. The van der Waals surface area contributed by atoms with Gasteiger partial charge in [-0.15, -0.1) is 0 Å². The Kier molecular flexibility index (Phi) is 7.17. The zero-order valence-corrected chi connectivity index (χ0v) is 17.5. The summed E-state index contributed by atoms with van der Waals surface area (Å²) in [5, 5.41) is 0.719. The molecule has 0 atom stereocenters. The third kappa shape index (κ3) is 5.93. The predicted molar refractivity (Wildman–Crippen MR) is 111 cm³/mol. The van der Waals surface area contributed by atoms with E-state index in [-0.39, 0.29) is 12.3 Å². The summed E-state index contributed by atoms with van der Waals surface area (Å²) >= 11 is 12.2. The minimum atomic E-state index is -3.56. The molecule has 2 aromatic carbocycles. The average Bonchev–Trinajstić information content (AvgIpc) is 2.65. The molecule has 0 amide bonds. The lowest BCUT2D eigenvalue weighted by Gasteiger charge is -2.27. The second kappa shape index (κ2) is 9.39. The van der Waals surface area contributed by atoms with Crippen LogP contribution in [0.5, 0.6) is 0 Å². The van der Waals surface area contributed by atoms with Crippen LogP contribution in [0.1, 0.15) is 36.0 Å². The SMILES string of the molecule is O=S(=O)(Cc1c(Cl)cccc1Cl)NCc1ccccc1CN1CCCCC1. The summed E-state index contributed by atoms with van der Waals surface area (Å²) in [4.78, 5) is 2.43. The summed E-state index contributed by atoms with van der Waals surface area (Å²) in [6.07, 6.45) is 3.75. The Morgan fingerprint density at radius 3 is 2.19 bits per heavy atom. The average molecular weight is 427 g/mol. The van der Waals surface area contributed by atoms with Gasteiger partial charge in [-0.1, -0.05) is 60.0 Å². The van der Waals surface area contributed by atoms with Gasteiger partial charge in [-0.2, -0.15) is 0 Å². The largest absolute Gasteiger partial charge is 0.299 e. The van der Waals surface area contributed by atoms with E-state index in [0.29, 0.717) is 15.6 Å². The van der Waals surface area contributed by atoms with E-state index in [1.54, 1.807) is 18.2 Å². The molecule has 27 heavy (non-hydrogen) atoms. The first-order valence-corrected chi connectivity index (χ1v) is 11.5. The fourth-order valence-electron chi connectivity index (χ4n) is 3.34. The van der Waals surface area contributed by atoms with E-state index in [2.05, 4.69) is 15.7 Å². The number of benzene rings is 2. The maximum absolute atomic E-state index is 12.5. The first-order chi connectivity index (χ1) is 12.9. The molecular weight excluding hydrogens is 403 g/mol. The fourth-order valence-corrected chi connectivity index (χ4v) is 5.20. The predicted octanol–water partition coefficient (Wildman–Crippen LogP) is 4.60. The molecule has 7 heteroatoms. The summed E-state index contributed by atoms with van der Waals surface area (Å²) < 4.78 is 27.8. The monoisotopic (exact) mass is 426 g/mol. The topological polar surface area (TPSA) is 49.4 Å². The standard InChI is InChI=1S/C20H24Cl2N2O2S/c21-19-9-6-10-20(22)18(19)15-27(25,26)23-13-16-7-2-3-8-17(16)14-24-11-4-1-5-12-24/h2-3,6-10,23H,1,4-5,11-15H2. The van der Waals surface area contributed by atoms with Crippen LogP contribution < -0.4 is 4.72 Å². The van der Waals surface area contributed by atoms with E-state index in [0.717, 1.165) is 30.8 Å². The van der Waals surface area contributed by atoms with Crippen molar-refractivity contribution >= 4 is 33.2 Å². The molecule has 1 fully saturated rings. The van der Waals surface area contributed by atoms with Gasteiger partial charge < -0.3 is 0 Å². The van der Waals surface area contributed by atoms with Crippen LogP contribution in [0.4, 0.5) is 0 Å². The Morgan fingerprint density at radius 1 is 0.889 bits per heavy atom. The van der Waals surface area contributed by atoms with Crippen LogP contribution in [-0.2, 0) is 28.9 Å². The smallest absolute Gasteiger partial charge is 0.216 e. The van der Waals surface area contributed by atoms with Crippen molar-refractivity contribution in [1.82, 2.24) is 9.62 Å². The Hall–Kier alpha value is -1.11. The van der Waals surface area contributed by atoms with Gasteiger partial charge in [0.1, 0.15) is 0 Å². The van der Waals surface area contributed by atoms with Crippen molar-refractivity contribution in [1.29, 1.82) is 0 Å². The van der Waals surface area contributed by atoms with Crippen LogP contribution in [0.25, 0.3) is 0 Å². The molecule has 0 unspecified atom stereocenters. The molecule has 0 bridgehead atoms. The van der Waals surface area contributed by atoms with Gasteiger partial charge in [0, 0.05) is 28.7 Å². The summed E-state index contributed by atoms with van der Waals surface area (Å²) in [7, 11) is -3.56. The number of piperidine rings is 1. The second-order valence-electron chi connectivity index (χ2n) is 6.89. The number of halogens is 2. The molecule has 1 aliphatic heterocycles. The number of hydrogen-bond donors (Lipinski definition) is 1. The van der Waals surface area contributed by atoms with Gasteiger partial charge in [-0.3, -0.25) is 4.90 Å². The highest BCUT2D eigenvalue weighted by Gasteiger charge is 2.18. The van der Waals surface area contributed by atoms with Crippen LogP contribution in [0, 0.1) is 0 Å². The minimum Gasteiger partial charge on any atom is -0.299 e. The van der Waals surface area contributed by atoms with Crippen LogP contribution in [0.15, 0.2) is 42.5 Å². The fraction of sp³-hybridized carbons (Fsp3) is 0.400. The van der Waals surface area contributed by atoms with Gasteiger partial charge in [0.2, 0.25) is 10.0 Å². The number of rotatable bonds is 7. The molecule has 0 spiro atoms. The second-order valence-corrected chi connectivity index (χ2v) is 9.51. The van der Waals surface area contributed by atoms with Gasteiger partial charge in [-0.05, 0) is 49.2 Å². The summed E-state index contributed by atoms with van der Waals surface area (Å²) in [6.45, 7) is 3.32. The zero-order valence-electron chi connectivity index (χ0n) is 15.1. The summed E-state index contributed by atoms with van der Waals surface area (Å²) in [6, 6.07) is 13.0. The summed E-state index contributed by atoms with van der Waals surface area (Å²) in [5.74, 6) is -0.236. The van der Waals surface area contributed by atoms with E-state index in [1.807, 2.05) is 18.2 Å². The van der Waals surface area contributed by atoms with E-state index < -0.39 is 10.0 Å². The number of nitrogens with zero attached hydrogens (tertiary/aromatic N) is 1. The molecule has 3 rings (SSSR count). The van der Waals surface area contributed by atoms with Crippen LogP contribution in [0.2, 0.25) is 10.0 Å². The van der Waals surface area contributed by atoms with Gasteiger partial charge >= 0.3 is 0 Å². The highest BCUT2D eigenvalue weighted by molar-refractivity contribution is 7.88. The van der Waals surface area contributed by atoms with Crippen molar-refractivity contribution in [3.05, 3.63) is 69.2 Å². The van der Waals surface area contributed by atoms with Crippen LogP contribution in [-0.4, -0.2) is 26.4 Å². The molecule has 1 saturated heterocycles. The zero-order chi connectivity index (χ0) is 19.3. The van der Waals surface area contributed by atoms with E-state index in [1.165, 1.54) is 19.3 Å². The van der Waals surface area contributed by atoms with Gasteiger partial charge in [0.15, 0.2) is 0 Å². The van der Waals surface area contributed by atoms with Crippen LogP contribution >= 0.6 is 23.2 Å². The quantitative estimate of drug-likeness (QED) is 0.703. The van der Waals surface area contributed by atoms with Crippen molar-refractivity contribution in [3.8, 4) is 0 Å². The molecule has 1 aliphatic rings. The van der Waals surface area contributed by atoms with Crippen molar-refractivity contribution in [3.63, 3.8) is 0 Å². The number of sulfonamides is 1. The minimum absolute atomic E-state index is 0.236. The number of likely N-dealkylation sites (tertiary alicyclic amines) is 1. The molecule has 0 aliphatic carbocycles. The van der Waals surface area contributed by atoms with E-state index in [4.69, 9.17) is 23.2 Å². The lowest BCUT2D eigenvalue weighted by atomic mass is 10.1. The Morgan fingerprint density at radius 2 is 1.52 bits per heavy atom. The van der Waals surface area contributed by atoms with Gasteiger partial charge in [0.25, 0.3) is 0 Å². The third-order valence-electron chi connectivity index (χ3n) is 4.84. The molecule has 2 aromatic rings. The Balaban J connectivity index is 1.67. The van der Waals surface area contributed by atoms with Crippen molar-refractivity contribution < 1.29 is 8.42 Å². The number of nitrogens with one attached hydrogen (secondary N) is 1. The summed E-state index contributed by atoms with van der Waals surface area (Å²) in [5.41, 5.74) is 2.59. The molecule has 0 aromatic heterocycles. The molecule has 1 heterocycles.